The molecule has 1 aromatic carbocycles. The number of pyridine rings is 1. The van der Waals surface area contributed by atoms with Gasteiger partial charge in [-0.1, -0.05) is 30.3 Å². The Kier molecular flexibility index (Phi) is 3.54. The highest BCUT2D eigenvalue weighted by Gasteiger charge is 2.25. The van der Waals surface area contributed by atoms with Crippen molar-refractivity contribution in [1.82, 2.24) is 9.88 Å². The molecule has 5 heteroatoms. The van der Waals surface area contributed by atoms with Crippen molar-refractivity contribution in [2.24, 2.45) is 0 Å². The standard InChI is InChI=1S/C19H16N2O3/c22-18-11-15(6-8-20-18)19(23)21-9-7-14-10-16(24-17(14)12-21)13-4-2-1-3-5-13/h1-6,8,10-11H,7,9,12H2,(H,20,22). The molecular weight excluding hydrogens is 304 g/mol. The van der Waals surface area contributed by atoms with E-state index in [-0.39, 0.29) is 11.5 Å². The lowest BCUT2D eigenvalue weighted by molar-refractivity contribution is 0.0720. The molecule has 2 aromatic heterocycles. The van der Waals surface area contributed by atoms with Crippen LogP contribution in [-0.4, -0.2) is 22.3 Å². The van der Waals surface area contributed by atoms with Gasteiger partial charge in [0.25, 0.3) is 5.91 Å². The second-order valence-corrected chi connectivity index (χ2v) is 5.84. The molecule has 24 heavy (non-hydrogen) atoms. The monoisotopic (exact) mass is 320 g/mol. The van der Waals surface area contributed by atoms with Gasteiger partial charge in [-0.05, 0) is 24.1 Å². The van der Waals surface area contributed by atoms with Crippen LogP contribution in [0, 0.1) is 0 Å². The summed E-state index contributed by atoms with van der Waals surface area (Å²) >= 11 is 0. The zero-order valence-electron chi connectivity index (χ0n) is 13.0. The maximum absolute atomic E-state index is 12.6. The molecule has 0 saturated carbocycles. The molecule has 3 aromatic rings. The van der Waals surface area contributed by atoms with E-state index < -0.39 is 0 Å². The number of fused-ring (bicyclic) bond motifs is 1. The third-order valence-electron chi connectivity index (χ3n) is 4.25. The van der Waals surface area contributed by atoms with E-state index >= 15 is 0 Å². The fourth-order valence-electron chi connectivity index (χ4n) is 3.00. The van der Waals surface area contributed by atoms with Gasteiger partial charge in [-0.3, -0.25) is 9.59 Å². The first kappa shape index (κ1) is 14.5. The molecule has 0 fully saturated rings. The van der Waals surface area contributed by atoms with Gasteiger partial charge in [0, 0.05) is 29.9 Å². The van der Waals surface area contributed by atoms with Crippen LogP contribution >= 0.6 is 0 Å². The summed E-state index contributed by atoms with van der Waals surface area (Å²) in [6.07, 6.45) is 2.24. The van der Waals surface area contributed by atoms with Crippen LogP contribution in [0.25, 0.3) is 11.3 Å². The molecular formula is C19H16N2O3. The molecule has 1 N–H and O–H groups in total. The zero-order chi connectivity index (χ0) is 16.5. The molecule has 0 unspecified atom stereocenters. The third kappa shape index (κ3) is 2.65. The summed E-state index contributed by atoms with van der Waals surface area (Å²) in [5.74, 6) is 1.49. The SMILES string of the molecule is O=C(c1cc[nH]c(=O)c1)N1CCc2cc(-c3ccccc3)oc2C1. The molecule has 0 aliphatic carbocycles. The maximum atomic E-state index is 12.6. The van der Waals surface area contributed by atoms with Crippen LogP contribution in [0.3, 0.4) is 0 Å². The van der Waals surface area contributed by atoms with Gasteiger partial charge in [-0.2, -0.15) is 0 Å². The van der Waals surface area contributed by atoms with Gasteiger partial charge in [0.15, 0.2) is 0 Å². The van der Waals surface area contributed by atoms with E-state index in [1.807, 2.05) is 30.3 Å². The summed E-state index contributed by atoms with van der Waals surface area (Å²) in [6.45, 7) is 1.04. The number of rotatable bonds is 2. The molecule has 0 spiro atoms. The highest BCUT2D eigenvalue weighted by Crippen LogP contribution is 2.29. The minimum atomic E-state index is -0.275. The number of furan rings is 1. The summed E-state index contributed by atoms with van der Waals surface area (Å²) < 4.78 is 5.97. The molecule has 5 nitrogen and oxygen atoms in total. The highest BCUT2D eigenvalue weighted by atomic mass is 16.3. The smallest absolute Gasteiger partial charge is 0.254 e. The lowest BCUT2D eigenvalue weighted by atomic mass is 10.1. The minimum absolute atomic E-state index is 0.149. The molecule has 0 bridgehead atoms. The summed E-state index contributed by atoms with van der Waals surface area (Å²) in [7, 11) is 0. The van der Waals surface area contributed by atoms with Crippen LogP contribution in [0.5, 0.6) is 0 Å². The number of nitrogens with one attached hydrogen (secondary N) is 1. The van der Waals surface area contributed by atoms with E-state index in [2.05, 4.69) is 11.1 Å². The average molecular weight is 320 g/mol. The van der Waals surface area contributed by atoms with E-state index in [0.717, 1.165) is 29.1 Å². The summed E-state index contributed by atoms with van der Waals surface area (Å²) in [4.78, 5) is 28.2. The number of benzene rings is 1. The van der Waals surface area contributed by atoms with Crippen LogP contribution < -0.4 is 5.56 Å². The van der Waals surface area contributed by atoms with Gasteiger partial charge in [-0.25, -0.2) is 0 Å². The minimum Gasteiger partial charge on any atom is -0.459 e. The van der Waals surface area contributed by atoms with Gasteiger partial charge >= 0.3 is 0 Å². The molecule has 1 aliphatic rings. The van der Waals surface area contributed by atoms with Crippen molar-refractivity contribution in [2.45, 2.75) is 13.0 Å². The summed E-state index contributed by atoms with van der Waals surface area (Å²) in [5, 5.41) is 0. The van der Waals surface area contributed by atoms with E-state index in [9.17, 15) is 9.59 Å². The number of hydrogen-bond donors (Lipinski definition) is 1. The number of H-pyrrole nitrogens is 1. The Hall–Kier alpha value is -3.08. The van der Waals surface area contributed by atoms with Gasteiger partial charge in [-0.15, -0.1) is 0 Å². The fraction of sp³-hybridized carbons (Fsp3) is 0.158. The molecule has 0 saturated heterocycles. The number of amides is 1. The topological polar surface area (TPSA) is 66.3 Å². The Morgan fingerprint density at radius 3 is 2.75 bits per heavy atom. The van der Waals surface area contributed by atoms with Crippen LogP contribution in [0.2, 0.25) is 0 Å². The first-order valence-corrected chi connectivity index (χ1v) is 7.86. The Balaban J connectivity index is 1.59. The van der Waals surface area contributed by atoms with Gasteiger partial charge in [0.05, 0.1) is 6.54 Å². The first-order valence-electron chi connectivity index (χ1n) is 7.86. The first-order chi connectivity index (χ1) is 11.7. The maximum Gasteiger partial charge on any atom is 0.254 e. The Bertz CT molecular complexity index is 941. The molecule has 0 atom stereocenters. The van der Waals surface area contributed by atoms with E-state index in [0.29, 0.717) is 18.7 Å². The summed E-state index contributed by atoms with van der Waals surface area (Å²) in [5.41, 5.74) is 2.29. The van der Waals surface area contributed by atoms with Gasteiger partial charge in [0.1, 0.15) is 11.5 Å². The van der Waals surface area contributed by atoms with E-state index in [4.69, 9.17) is 4.42 Å². The van der Waals surface area contributed by atoms with Gasteiger partial charge in [0.2, 0.25) is 5.56 Å². The predicted molar refractivity (Wildman–Crippen MR) is 89.7 cm³/mol. The number of carbonyl (C=O) groups excluding carboxylic acids is 1. The van der Waals surface area contributed by atoms with Gasteiger partial charge < -0.3 is 14.3 Å². The molecule has 1 aliphatic heterocycles. The number of hydrogen-bond acceptors (Lipinski definition) is 3. The molecule has 1 amide bonds. The lowest BCUT2D eigenvalue weighted by Gasteiger charge is -2.25. The number of aromatic nitrogens is 1. The van der Waals surface area contributed by atoms with Crippen molar-refractivity contribution >= 4 is 5.91 Å². The fourth-order valence-corrected chi connectivity index (χ4v) is 3.00. The lowest BCUT2D eigenvalue weighted by Crippen LogP contribution is -2.35. The number of carbonyl (C=O) groups is 1. The number of nitrogens with zero attached hydrogens (tertiary/aromatic N) is 1. The normalized spacial score (nSPS) is 13.6. The van der Waals surface area contributed by atoms with Crippen molar-refractivity contribution in [3.05, 3.63) is 82.0 Å². The summed E-state index contributed by atoms with van der Waals surface area (Å²) in [6, 6.07) is 14.9. The van der Waals surface area contributed by atoms with Crippen molar-refractivity contribution in [3.8, 4) is 11.3 Å². The number of aromatic amines is 1. The average Bonchev–Trinajstić information content (AvgIpc) is 3.05. The predicted octanol–water partition coefficient (Wildman–Crippen LogP) is 2.83. The molecule has 120 valence electrons. The van der Waals surface area contributed by atoms with Crippen LogP contribution in [0.1, 0.15) is 21.7 Å². The molecule has 3 heterocycles. The van der Waals surface area contributed by atoms with Crippen molar-refractivity contribution in [2.75, 3.05) is 6.54 Å². The van der Waals surface area contributed by atoms with Crippen LogP contribution in [-0.2, 0) is 13.0 Å². The molecule has 4 rings (SSSR count). The highest BCUT2D eigenvalue weighted by molar-refractivity contribution is 5.94. The Morgan fingerprint density at radius 2 is 1.96 bits per heavy atom. The zero-order valence-corrected chi connectivity index (χ0v) is 13.0. The van der Waals surface area contributed by atoms with Crippen molar-refractivity contribution in [3.63, 3.8) is 0 Å². The second kappa shape index (κ2) is 5.85. The quantitative estimate of drug-likeness (QED) is 0.789. The third-order valence-corrected chi connectivity index (χ3v) is 4.25. The van der Waals surface area contributed by atoms with Crippen molar-refractivity contribution < 1.29 is 9.21 Å². The Labute approximate surface area is 138 Å². The Morgan fingerprint density at radius 1 is 1.12 bits per heavy atom. The van der Waals surface area contributed by atoms with E-state index in [1.54, 1.807) is 11.0 Å². The van der Waals surface area contributed by atoms with Crippen molar-refractivity contribution in [1.29, 1.82) is 0 Å². The van der Waals surface area contributed by atoms with E-state index in [1.165, 1.54) is 12.3 Å². The second-order valence-electron chi connectivity index (χ2n) is 5.84. The van der Waals surface area contributed by atoms with Crippen LogP contribution in [0.4, 0.5) is 0 Å². The largest absolute Gasteiger partial charge is 0.459 e. The molecule has 0 radical (unpaired) electrons. The van der Waals surface area contributed by atoms with Crippen LogP contribution in [0.15, 0.2) is 63.9 Å².